The summed E-state index contributed by atoms with van der Waals surface area (Å²) in [6.07, 6.45) is 20.7. The number of unbranched alkanes of at least 4 members (excludes halogenated alkanes) is 4. The number of fused-ring (bicyclic) bond motifs is 5. The Labute approximate surface area is 422 Å². The van der Waals surface area contributed by atoms with Crippen LogP contribution in [0.2, 0.25) is 0 Å². The number of rotatable bonds is 28. The van der Waals surface area contributed by atoms with Gasteiger partial charge in [0.15, 0.2) is 0 Å². The van der Waals surface area contributed by atoms with Crippen LogP contribution in [0.1, 0.15) is 179 Å². The van der Waals surface area contributed by atoms with Crippen molar-refractivity contribution in [2.75, 3.05) is 13.2 Å². The first-order valence-electron chi connectivity index (χ1n) is 26.5. The van der Waals surface area contributed by atoms with Crippen LogP contribution in [0, 0.1) is 23.7 Å². The maximum atomic E-state index is 14.5. The lowest BCUT2D eigenvalue weighted by molar-refractivity contribution is -0.117. The fraction of sp³-hybridized carbons (Fsp3) is 0.552. The SMILES string of the molecule is CCCCC(CC)COc1c2cc(C3=C4C(=O)NC(c5cc6c(CC(CC)CCCC)c7sccc7c(OCC(CC)CCCC)c6s5)=C4C(=O)N3)sc2c(CC(CC)CCCC)c2ccsc12. The Kier molecular flexibility index (Phi) is 17.5. The van der Waals surface area contributed by atoms with Gasteiger partial charge in [0, 0.05) is 30.9 Å². The van der Waals surface area contributed by atoms with Gasteiger partial charge in [0.2, 0.25) is 0 Å². The van der Waals surface area contributed by atoms with E-state index in [-0.39, 0.29) is 11.8 Å². The molecule has 6 heterocycles. The van der Waals surface area contributed by atoms with E-state index in [9.17, 15) is 9.59 Å². The molecule has 68 heavy (non-hydrogen) atoms. The van der Waals surface area contributed by atoms with Gasteiger partial charge in [-0.1, -0.05) is 145 Å². The highest BCUT2D eigenvalue weighted by atomic mass is 32.1. The van der Waals surface area contributed by atoms with Crippen LogP contribution in [0.5, 0.6) is 11.5 Å². The Morgan fingerprint density at radius 1 is 0.485 bits per heavy atom. The molecule has 8 rings (SSSR count). The van der Waals surface area contributed by atoms with Gasteiger partial charge in [0.25, 0.3) is 11.8 Å². The van der Waals surface area contributed by atoms with Crippen molar-refractivity contribution in [2.45, 2.75) is 171 Å². The molecule has 2 N–H and O–H groups in total. The summed E-state index contributed by atoms with van der Waals surface area (Å²) in [7, 11) is 0. The van der Waals surface area contributed by atoms with Gasteiger partial charge in [-0.3, -0.25) is 9.59 Å². The lowest BCUT2D eigenvalue weighted by Crippen LogP contribution is -2.20. The standard InChI is InChI=1S/C58H76N2O4S4/c1-9-17-21-35(13-5)29-41-39-25-27-66-55(39)52(64-34-38(16-8)24-20-12-4)44-32-46(67-54(41)44)50-48-47(57(61)60-50)49(59-58(48)62)45-31-43-42(30-36(14-6)22-18-10-2)53-40(26-28-65-53)51(56(43)68-45)63-33-37(15-7)23-19-11-3/h25-28,31-32,35-38H,9-24,29-30,33-34H2,1-8H3,(H,59,62)(H,60,61). The molecule has 4 aromatic heterocycles. The van der Waals surface area contributed by atoms with Crippen molar-refractivity contribution in [3.8, 4) is 11.5 Å². The van der Waals surface area contributed by atoms with Crippen molar-refractivity contribution in [1.82, 2.24) is 10.6 Å². The van der Waals surface area contributed by atoms with E-state index in [2.05, 4.69) is 101 Å². The van der Waals surface area contributed by atoms with Crippen LogP contribution in [0.4, 0.5) is 0 Å². The molecule has 4 atom stereocenters. The van der Waals surface area contributed by atoms with Crippen LogP contribution < -0.4 is 20.1 Å². The third kappa shape index (κ3) is 10.4. The number of hydrogen-bond donors (Lipinski definition) is 2. The molecule has 0 spiro atoms. The van der Waals surface area contributed by atoms with E-state index in [1.807, 2.05) is 11.3 Å². The monoisotopic (exact) mass is 992 g/mol. The summed E-state index contributed by atoms with van der Waals surface area (Å²) in [5, 5.41) is 15.7. The van der Waals surface area contributed by atoms with Gasteiger partial charge < -0.3 is 20.1 Å². The Morgan fingerprint density at radius 3 is 1.41 bits per heavy atom. The number of benzene rings is 2. The first-order chi connectivity index (χ1) is 33.2. The molecule has 2 amide bonds. The molecule has 6 aromatic rings. The zero-order valence-electron chi connectivity index (χ0n) is 42.2. The summed E-state index contributed by atoms with van der Waals surface area (Å²) in [6.45, 7) is 19.6. The van der Waals surface area contributed by atoms with Crippen molar-refractivity contribution in [3.05, 3.63) is 67.1 Å². The molecule has 366 valence electrons. The smallest absolute Gasteiger partial charge is 0.258 e. The zero-order valence-corrected chi connectivity index (χ0v) is 45.4. The van der Waals surface area contributed by atoms with Crippen LogP contribution in [-0.2, 0) is 22.4 Å². The second-order valence-corrected chi connectivity index (χ2v) is 23.7. The van der Waals surface area contributed by atoms with E-state index < -0.39 is 0 Å². The maximum Gasteiger partial charge on any atom is 0.258 e. The van der Waals surface area contributed by atoms with Crippen LogP contribution in [0.25, 0.3) is 51.7 Å². The summed E-state index contributed by atoms with van der Waals surface area (Å²) >= 11 is 6.95. The van der Waals surface area contributed by atoms with Gasteiger partial charge in [0.05, 0.1) is 54.9 Å². The Morgan fingerprint density at radius 2 is 0.912 bits per heavy atom. The van der Waals surface area contributed by atoms with E-state index in [4.69, 9.17) is 9.47 Å². The average Bonchev–Trinajstić information content (AvgIpc) is 4.23. The zero-order chi connectivity index (χ0) is 47.9. The van der Waals surface area contributed by atoms with Gasteiger partial charge >= 0.3 is 0 Å². The van der Waals surface area contributed by atoms with Gasteiger partial charge in [-0.25, -0.2) is 0 Å². The van der Waals surface area contributed by atoms with Crippen LogP contribution in [0.15, 0.2) is 46.2 Å². The number of thiophene rings is 4. The molecule has 2 aliphatic heterocycles. The first-order valence-corrected chi connectivity index (χ1v) is 29.9. The molecule has 4 unspecified atom stereocenters. The van der Waals surface area contributed by atoms with Gasteiger partial charge in [-0.2, -0.15) is 0 Å². The minimum atomic E-state index is -0.228. The number of nitrogens with one attached hydrogen (secondary N) is 2. The van der Waals surface area contributed by atoms with Crippen LogP contribution in [0.3, 0.4) is 0 Å². The Bertz CT molecular complexity index is 2590. The van der Waals surface area contributed by atoms with Crippen molar-refractivity contribution in [3.63, 3.8) is 0 Å². The normalized spacial score (nSPS) is 15.9. The highest BCUT2D eigenvalue weighted by Gasteiger charge is 2.42. The fourth-order valence-corrected chi connectivity index (χ4v) is 15.0. The molecule has 0 aliphatic carbocycles. The first kappa shape index (κ1) is 50.7. The lowest BCUT2D eigenvalue weighted by atomic mass is 9.90. The summed E-state index contributed by atoms with van der Waals surface area (Å²) in [5.41, 5.74) is 4.86. The number of hydrogen-bond acceptors (Lipinski definition) is 8. The molecule has 0 saturated heterocycles. The van der Waals surface area contributed by atoms with Gasteiger partial charge in [0.1, 0.15) is 11.5 Å². The van der Waals surface area contributed by atoms with Crippen LogP contribution in [-0.4, -0.2) is 25.0 Å². The third-order valence-electron chi connectivity index (χ3n) is 15.2. The number of amides is 2. The summed E-state index contributed by atoms with van der Waals surface area (Å²) < 4.78 is 18.8. The molecule has 6 nitrogen and oxygen atoms in total. The minimum Gasteiger partial charge on any atom is -0.491 e. The summed E-state index contributed by atoms with van der Waals surface area (Å²) in [6, 6.07) is 9.00. The van der Waals surface area contributed by atoms with Crippen molar-refractivity contribution in [2.24, 2.45) is 23.7 Å². The summed E-state index contributed by atoms with van der Waals surface area (Å²) in [4.78, 5) is 30.8. The molecule has 0 radical (unpaired) electrons. The van der Waals surface area contributed by atoms with E-state index in [1.165, 1.54) is 106 Å². The van der Waals surface area contributed by atoms with E-state index in [0.717, 1.165) is 82.7 Å². The molecule has 10 heteroatoms. The molecule has 2 aromatic carbocycles. The number of carbonyl (C=O) groups is 2. The number of ether oxygens (including phenoxy) is 2. The lowest BCUT2D eigenvalue weighted by Gasteiger charge is -2.19. The maximum absolute atomic E-state index is 14.5. The topological polar surface area (TPSA) is 76.7 Å². The third-order valence-corrected chi connectivity index (χ3v) is 19.4. The molecule has 0 fully saturated rings. The molecular weight excluding hydrogens is 917 g/mol. The molecule has 2 aliphatic rings. The Hall–Kier alpha value is -3.70. The van der Waals surface area contributed by atoms with Crippen LogP contribution >= 0.6 is 45.3 Å². The molecular formula is C58H76N2O4S4. The second kappa shape index (κ2) is 23.5. The fourth-order valence-electron chi connectivity index (χ4n) is 10.7. The van der Waals surface area contributed by atoms with Crippen molar-refractivity contribution in [1.29, 1.82) is 0 Å². The van der Waals surface area contributed by atoms with Gasteiger partial charge in [-0.05, 0) is 95.5 Å². The largest absolute Gasteiger partial charge is 0.491 e. The van der Waals surface area contributed by atoms with E-state index in [1.54, 1.807) is 34.0 Å². The molecule has 0 saturated carbocycles. The highest BCUT2D eigenvalue weighted by Crippen LogP contribution is 2.51. The predicted molar refractivity (Wildman–Crippen MR) is 296 cm³/mol. The predicted octanol–water partition coefficient (Wildman–Crippen LogP) is 17.6. The minimum absolute atomic E-state index is 0.228. The average molecular weight is 994 g/mol. The Balaban J connectivity index is 1.26. The quantitative estimate of drug-likeness (QED) is 0.0513. The molecule has 0 bridgehead atoms. The van der Waals surface area contributed by atoms with E-state index in [0.29, 0.717) is 59.4 Å². The van der Waals surface area contributed by atoms with E-state index >= 15 is 0 Å². The highest BCUT2D eigenvalue weighted by molar-refractivity contribution is 7.22. The van der Waals surface area contributed by atoms with Gasteiger partial charge in [-0.15, -0.1) is 45.3 Å². The van der Waals surface area contributed by atoms with Crippen molar-refractivity contribution < 1.29 is 19.1 Å². The summed E-state index contributed by atoms with van der Waals surface area (Å²) in [5.74, 6) is 3.56. The second-order valence-electron chi connectivity index (χ2n) is 19.8. The number of carbonyl (C=O) groups excluding carboxylic acids is 2. The van der Waals surface area contributed by atoms with Crippen molar-refractivity contribution >= 4 is 109 Å².